The first-order chi connectivity index (χ1) is 10.2. The molecule has 2 nitrogen and oxygen atoms in total. The van der Waals surface area contributed by atoms with Gasteiger partial charge in [-0.05, 0) is 56.6 Å². The quantitative estimate of drug-likeness (QED) is 0.912. The molecule has 0 radical (unpaired) electrons. The van der Waals surface area contributed by atoms with Gasteiger partial charge in [-0.15, -0.1) is 0 Å². The van der Waals surface area contributed by atoms with E-state index in [1.165, 1.54) is 38.5 Å². The van der Waals surface area contributed by atoms with Crippen LogP contribution in [0.1, 0.15) is 51.0 Å². The van der Waals surface area contributed by atoms with Crippen molar-refractivity contribution in [3.8, 4) is 0 Å². The van der Waals surface area contributed by atoms with Crippen molar-refractivity contribution in [2.75, 3.05) is 11.4 Å². The second-order valence-electron chi connectivity index (χ2n) is 6.88. The lowest BCUT2D eigenvalue weighted by Crippen LogP contribution is -2.36. The molecule has 2 fully saturated rings. The molecule has 1 aromatic rings. The Balaban J connectivity index is 1.90. The molecule has 1 saturated heterocycles. The summed E-state index contributed by atoms with van der Waals surface area (Å²) < 4.78 is 14.5. The Hall–Kier alpha value is -1.09. The molecular weight excluding hydrogens is 263 g/mol. The third-order valence-corrected chi connectivity index (χ3v) is 5.14. The summed E-state index contributed by atoms with van der Waals surface area (Å²) in [6.07, 6.45) is 8.49. The van der Waals surface area contributed by atoms with E-state index in [1.54, 1.807) is 6.07 Å². The van der Waals surface area contributed by atoms with Gasteiger partial charge in [0.15, 0.2) is 0 Å². The second-order valence-corrected chi connectivity index (χ2v) is 6.88. The normalized spacial score (nSPS) is 24.7. The highest BCUT2D eigenvalue weighted by atomic mass is 19.1. The number of hydrogen-bond acceptors (Lipinski definition) is 2. The van der Waals surface area contributed by atoms with Gasteiger partial charge in [-0.1, -0.05) is 25.0 Å². The van der Waals surface area contributed by atoms with Crippen molar-refractivity contribution >= 4 is 5.69 Å². The summed E-state index contributed by atoms with van der Waals surface area (Å²) >= 11 is 0. The minimum absolute atomic E-state index is 0.0677. The van der Waals surface area contributed by atoms with Crippen LogP contribution in [0.15, 0.2) is 18.2 Å². The first-order valence-electron chi connectivity index (χ1n) is 8.46. The highest BCUT2D eigenvalue weighted by Gasteiger charge is 2.35. The van der Waals surface area contributed by atoms with Crippen LogP contribution in [0.3, 0.4) is 0 Å². The van der Waals surface area contributed by atoms with Gasteiger partial charge in [-0.3, -0.25) is 0 Å². The van der Waals surface area contributed by atoms with Gasteiger partial charge in [-0.2, -0.15) is 0 Å². The zero-order chi connectivity index (χ0) is 14.8. The van der Waals surface area contributed by atoms with Gasteiger partial charge in [-0.25, -0.2) is 4.39 Å². The molecule has 0 bridgehead atoms. The minimum Gasteiger partial charge on any atom is -0.366 e. The van der Waals surface area contributed by atoms with Gasteiger partial charge < -0.3 is 10.6 Å². The molecule has 0 amide bonds. The van der Waals surface area contributed by atoms with E-state index in [0.717, 1.165) is 30.1 Å². The number of anilines is 1. The van der Waals surface area contributed by atoms with E-state index in [1.807, 2.05) is 19.1 Å². The summed E-state index contributed by atoms with van der Waals surface area (Å²) in [6.45, 7) is 2.99. The number of hydrogen-bond donors (Lipinski definition) is 1. The number of halogens is 1. The summed E-state index contributed by atoms with van der Waals surface area (Å²) in [5.41, 5.74) is 7.87. The van der Waals surface area contributed by atoms with Crippen molar-refractivity contribution in [2.24, 2.45) is 11.7 Å². The molecule has 1 aliphatic heterocycles. The Kier molecular flexibility index (Phi) is 4.48. The fourth-order valence-corrected chi connectivity index (χ4v) is 4.30. The van der Waals surface area contributed by atoms with E-state index in [9.17, 15) is 4.39 Å². The summed E-state index contributed by atoms with van der Waals surface area (Å²) in [5.74, 6) is 0.688. The maximum atomic E-state index is 14.5. The fraction of sp³-hybridized carbons (Fsp3) is 0.667. The third-order valence-electron chi connectivity index (χ3n) is 5.14. The van der Waals surface area contributed by atoms with Gasteiger partial charge in [0.2, 0.25) is 0 Å². The molecule has 1 aromatic carbocycles. The van der Waals surface area contributed by atoms with Crippen LogP contribution in [0.2, 0.25) is 0 Å². The molecule has 2 aliphatic rings. The minimum atomic E-state index is -0.0713. The molecule has 3 rings (SSSR count). The van der Waals surface area contributed by atoms with Crippen molar-refractivity contribution in [3.05, 3.63) is 29.6 Å². The Labute approximate surface area is 127 Å². The van der Waals surface area contributed by atoms with E-state index < -0.39 is 0 Å². The highest BCUT2D eigenvalue weighted by molar-refractivity contribution is 5.57. The average Bonchev–Trinajstić information content (AvgIpc) is 3.08. The predicted molar refractivity (Wildman–Crippen MR) is 86.1 cm³/mol. The number of nitrogens with zero attached hydrogens (tertiary/aromatic N) is 1. The molecule has 1 heterocycles. The standard InChI is InChI=1S/C18H27FN2/c1-13(20)12-15-8-4-9-16(19)18(15)21-11-5-10-17(21)14-6-2-3-7-14/h4,8-9,13-14,17H,2-3,5-7,10-12,20H2,1H3. The average molecular weight is 290 g/mol. The molecule has 2 N–H and O–H groups in total. The zero-order valence-electron chi connectivity index (χ0n) is 13.0. The Morgan fingerprint density at radius 1 is 1.24 bits per heavy atom. The number of nitrogens with two attached hydrogens (primary N) is 1. The van der Waals surface area contributed by atoms with Crippen molar-refractivity contribution < 1.29 is 4.39 Å². The molecule has 2 atom stereocenters. The van der Waals surface area contributed by atoms with E-state index in [-0.39, 0.29) is 11.9 Å². The molecule has 1 aliphatic carbocycles. The van der Waals surface area contributed by atoms with Gasteiger partial charge in [0, 0.05) is 18.6 Å². The van der Waals surface area contributed by atoms with Crippen LogP contribution in [0.5, 0.6) is 0 Å². The highest BCUT2D eigenvalue weighted by Crippen LogP contribution is 2.39. The lowest BCUT2D eigenvalue weighted by molar-refractivity contribution is 0.427. The Morgan fingerprint density at radius 2 is 2.00 bits per heavy atom. The van der Waals surface area contributed by atoms with Crippen molar-refractivity contribution in [3.63, 3.8) is 0 Å². The molecule has 2 unspecified atom stereocenters. The van der Waals surface area contributed by atoms with Gasteiger partial charge >= 0.3 is 0 Å². The van der Waals surface area contributed by atoms with Gasteiger partial charge in [0.25, 0.3) is 0 Å². The van der Waals surface area contributed by atoms with E-state index in [0.29, 0.717) is 6.04 Å². The maximum absolute atomic E-state index is 14.5. The van der Waals surface area contributed by atoms with Crippen LogP contribution in [0.25, 0.3) is 0 Å². The van der Waals surface area contributed by atoms with E-state index >= 15 is 0 Å². The SMILES string of the molecule is CC(N)Cc1cccc(F)c1N1CCCC1C1CCCC1. The number of para-hydroxylation sites is 1. The van der Waals surface area contributed by atoms with Crippen LogP contribution in [0.4, 0.5) is 10.1 Å². The summed E-state index contributed by atoms with van der Waals surface area (Å²) in [5, 5.41) is 0. The van der Waals surface area contributed by atoms with E-state index in [2.05, 4.69) is 4.90 Å². The molecule has 116 valence electrons. The third kappa shape index (κ3) is 3.08. The summed E-state index contributed by atoms with van der Waals surface area (Å²) in [7, 11) is 0. The number of benzene rings is 1. The summed E-state index contributed by atoms with van der Waals surface area (Å²) in [6, 6.07) is 6.07. The lowest BCUT2D eigenvalue weighted by Gasteiger charge is -2.33. The Morgan fingerprint density at radius 3 is 2.71 bits per heavy atom. The predicted octanol–water partition coefficient (Wildman–Crippen LogP) is 3.87. The van der Waals surface area contributed by atoms with Crippen LogP contribution in [-0.2, 0) is 6.42 Å². The topological polar surface area (TPSA) is 29.3 Å². The lowest BCUT2D eigenvalue weighted by atomic mass is 9.94. The zero-order valence-corrected chi connectivity index (χ0v) is 13.0. The number of rotatable bonds is 4. The van der Waals surface area contributed by atoms with Crippen molar-refractivity contribution in [2.45, 2.75) is 64.0 Å². The molecule has 1 saturated carbocycles. The molecule has 0 aromatic heterocycles. The fourth-order valence-electron chi connectivity index (χ4n) is 4.30. The van der Waals surface area contributed by atoms with Crippen LogP contribution in [0, 0.1) is 11.7 Å². The van der Waals surface area contributed by atoms with Gasteiger partial charge in [0.05, 0.1) is 5.69 Å². The largest absolute Gasteiger partial charge is 0.366 e. The molecular formula is C18H27FN2. The smallest absolute Gasteiger partial charge is 0.146 e. The first-order valence-corrected chi connectivity index (χ1v) is 8.46. The summed E-state index contributed by atoms with van der Waals surface area (Å²) in [4.78, 5) is 2.36. The molecule has 21 heavy (non-hydrogen) atoms. The van der Waals surface area contributed by atoms with Gasteiger partial charge in [0.1, 0.15) is 5.82 Å². The van der Waals surface area contributed by atoms with Crippen molar-refractivity contribution in [1.29, 1.82) is 0 Å². The monoisotopic (exact) mass is 290 g/mol. The van der Waals surface area contributed by atoms with Crippen LogP contribution < -0.4 is 10.6 Å². The molecule has 3 heteroatoms. The van der Waals surface area contributed by atoms with Crippen molar-refractivity contribution in [1.82, 2.24) is 0 Å². The molecule has 0 spiro atoms. The Bertz CT molecular complexity index is 480. The first kappa shape index (κ1) is 14.8. The maximum Gasteiger partial charge on any atom is 0.146 e. The van der Waals surface area contributed by atoms with E-state index in [4.69, 9.17) is 5.73 Å². The van der Waals surface area contributed by atoms with Crippen LogP contribution in [-0.4, -0.2) is 18.6 Å². The second kappa shape index (κ2) is 6.35. The van der Waals surface area contributed by atoms with Crippen LogP contribution >= 0.6 is 0 Å².